The van der Waals surface area contributed by atoms with Gasteiger partial charge in [-0.3, -0.25) is 14.8 Å². The van der Waals surface area contributed by atoms with Crippen molar-refractivity contribution in [3.63, 3.8) is 0 Å². The van der Waals surface area contributed by atoms with E-state index in [1.807, 2.05) is 24.4 Å². The van der Waals surface area contributed by atoms with Gasteiger partial charge in [-0.1, -0.05) is 6.07 Å². The van der Waals surface area contributed by atoms with Crippen LogP contribution in [0.3, 0.4) is 0 Å². The van der Waals surface area contributed by atoms with Crippen molar-refractivity contribution in [2.45, 2.75) is 13.0 Å². The number of hydrogen-bond donors (Lipinski definition) is 2. The van der Waals surface area contributed by atoms with Crippen LogP contribution in [0.5, 0.6) is 0 Å². The molecule has 0 aliphatic carbocycles. The van der Waals surface area contributed by atoms with E-state index in [2.05, 4.69) is 14.9 Å². The Kier molecular flexibility index (Phi) is 5.22. The average molecular weight is 285 g/mol. The van der Waals surface area contributed by atoms with Gasteiger partial charge in [-0.05, 0) is 36.7 Å². The second kappa shape index (κ2) is 7.35. The molecule has 0 spiro atoms. The Morgan fingerprint density at radius 3 is 2.81 bits per heavy atom. The highest BCUT2D eigenvalue weighted by molar-refractivity contribution is 5.91. The normalized spacial score (nSPS) is 10.3. The zero-order valence-corrected chi connectivity index (χ0v) is 11.8. The van der Waals surface area contributed by atoms with E-state index in [0.717, 1.165) is 24.2 Å². The summed E-state index contributed by atoms with van der Waals surface area (Å²) >= 11 is 0. The molecule has 0 bridgehead atoms. The predicted molar refractivity (Wildman–Crippen MR) is 81.7 cm³/mol. The fourth-order valence-corrected chi connectivity index (χ4v) is 2.04. The fourth-order valence-electron chi connectivity index (χ4n) is 2.04. The van der Waals surface area contributed by atoms with Crippen molar-refractivity contribution < 1.29 is 4.79 Å². The van der Waals surface area contributed by atoms with E-state index in [4.69, 9.17) is 11.5 Å². The Hall–Kier alpha value is -2.47. The number of nitrogens with zero attached hydrogens (tertiary/aromatic N) is 3. The number of nitrogens with two attached hydrogens (primary N) is 2. The first kappa shape index (κ1) is 14.9. The third-order valence-corrected chi connectivity index (χ3v) is 3.09. The SMILES string of the molecule is NCCCN(Cc1cccnc1)c1ccnc(C(N)=O)c1. The smallest absolute Gasteiger partial charge is 0.267 e. The molecular weight excluding hydrogens is 266 g/mol. The molecule has 6 nitrogen and oxygen atoms in total. The molecule has 0 saturated heterocycles. The van der Waals surface area contributed by atoms with Gasteiger partial charge in [0.05, 0.1) is 0 Å². The highest BCUT2D eigenvalue weighted by Gasteiger charge is 2.10. The number of primary amides is 1. The molecule has 0 saturated carbocycles. The lowest BCUT2D eigenvalue weighted by molar-refractivity contribution is 0.0995. The third kappa shape index (κ3) is 4.25. The largest absolute Gasteiger partial charge is 0.367 e. The first-order valence-electron chi connectivity index (χ1n) is 6.80. The maximum absolute atomic E-state index is 11.3. The van der Waals surface area contributed by atoms with Gasteiger partial charge in [-0.2, -0.15) is 0 Å². The number of aromatic nitrogens is 2. The number of anilines is 1. The maximum Gasteiger partial charge on any atom is 0.267 e. The minimum absolute atomic E-state index is 0.261. The van der Waals surface area contributed by atoms with Crippen LogP contribution in [0.1, 0.15) is 22.5 Å². The van der Waals surface area contributed by atoms with Crippen LogP contribution in [0.15, 0.2) is 42.9 Å². The van der Waals surface area contributed by atoms with Gasteiger partial charge in [0.1, 0.15) is 5.69 Å². The second-order valence-corrected chi connectivity index (χ2v) is 4.69. The first-order chi connectivity index (χ1) is 10.2. The summed E-state index contributed by atoms with van der Waals surface area (Å²) in [5.41, 5.74) is 13.1. The minimum atomic E-state index is -0.531. The number of amides is 1. The molecule has 0 unspecified atom stereocenters. The van der Waals surface area contributed by atoms with Crippen LogP contribution in [0.4, 0.5) is 5.69 Å². The highest BCUT2D eigenvalue weighted by atomic mass is 16.1. The lowest BCUT2D eigenvalue weighted by atomic mass is 10.2. The number of carbonyl (C=O) groups excluding carboxylic acids is 1. The Bertz CT molecular complexity index is 588. The molecular formula is C15H19N5O. The summed E-state index contributed by atoms with van der Waals surface area (Å²) in [7, 11) is 0. The summed E-state index contributed by atoms with van der Waals surface area (Å²) in [4.78, 5) is 21.5. The molecule has 2 heterocycles. The van der Waals surface area contributed by atoms with Crippen molar-refractivity contribution >= 4 is 11.6 Å². The summed E-state index contributed by atoms with van der Waals surface area (Å²) < 4.78 is 0. The maximum atomic E-state index is 11.3. The van der Waals surface area contributed by atoms with Crippen molar-refractivity contribution in [2.24, 2.45) is 11.5 Å². The molecule has 1 amide bonds. The van der Waals surface area contributed by atoms with Gasteiger partial charge >= 0.3 is 0 Å². The summed E-state index contributed by atoms with van der Waals surface area (Å²) in [6.45, 7) is 2.08. The van der Waals surface area contributed by atoms with E-state index >= 15 is 0 Å². The van der Waals surface area contributed by atoms with Crippen LogP contribution in [-0.4, -0.2) is 29.0 Å². The van der Waals surface area contributed by atoms with Gasteiger partial charge in [0.15, 0.2) is 0 Å². The van der Waals surface area contributed by atoms with E-state index in [-0.39, 0.29) is 5.69 Å². The summed E-state index contributed by atoms with van der Waals surface area (Å²) in [5, 5.41) is 0. The zero-order chi connectivity index (χ0) is 15.1. The number of rotatable bonds is 7. The van der Waals surface area contributed by atoms with Crippen molar-refractivity contribution in [2.75, 3.05) is 18.0 Å². The summed E-state index contributed by atoms with van der Waals surface area (Å²) in [6.07, 6.45) is 6.01. The molecule has 2 aromatic heterocycles. The van der Waals surface area contributed by atoms with Crippen molar-refractivity contribution in [1.82, 2.24) is 9.97 Å². The molecule has 2 aromatic rings. The van der Waals surface area contributed by atoms with Gasteiger partial charge in [-0.15, -0.1) is 0 Å². The molecule has 0 radical (unpaired) electrons. The standard InChI is InChI=1S/C15H19N5O/c16-5-2-8-20(11-12-3-1-6-18-10-12)13-4-7-19-14(9-13)15(17)21/h1,3-4,6-7,9-10H,2,5,8,11,16H2,(H2,17,21). The molecule has 0 atom stereocenters. The summed E-state index contributed by atoms with van der Waals surface area (Å²) in [5.74, 6) is -0.531. The summed E-state index contributed by atoms with van der Waals surface area (Å²) in [6, 6.07) is 7.48. The fraction of sp³-hybridized carbons (Fsp3) is 0.267. The molecule has 110 valence electrons. The topological polar surface area (TPSA) is 98.1 Å². The highest BCUT2D eigenvalue weighted by Crippen LogP contribution is 2.17. The van der Waals surface area contributed by atoms with Crippen molar-refractivity contribution in [3.05, 3.63) is 54.1 Å². The molecule has 2 rings (SSSR count). The quantitative estimate of drug-likeness (QED) is 0.788. The van der Waals surface area contributed by atoms with Gasteiger partial charge in [-0.25, -0.2) is 0 Å². The average Bonchev–Trinajstić information content (AvgIpc) is 2.52. The van der Waals surface area contributed by atoms with E-state index < -0.39 is 5.91 Å². The van der Waals surface area contributed by atoms with Gasteiger partial charge < -0.3 is 16.4 Å². The van der Waals surface area contributed by atoms with E-state index in [1.165, 1.54) is 0 Å². The van der Waals surface area contributed by atoms with Gasteiger partial charge in [0.2, 0.25) is 0 Å². The van der Waals surface area contributed by atoms with Crippen molar-refractivity contribution in [3.8, 4) is 0 Å². The molecule has 4 N–H and O–H groups in total. The molecule has 6 heteroatoms. The number of pyridine rings is 2. The first-order valence-corrected chi connectivity index (χ1v) is 6.80. The monoisotopic (exact) mass is 285 g/mol. The lowest BCUT2D eigenvalue weighted by Crippen LogP contribution is -2.26. The van der Waals surface area contributed by atoms with Crippen molar-refractivity contribution in [1.29, 1.82) is 0 Å². The van der Waals surface area contributed by atoms with Crippen LogP contribution in [-0.2, 0) is 6.54 Å². The Balaban J connectivity index is 2.22. The van der Waals surface area contributed by atoms with Crippen LogP contribution < -0.4 is 16.4 Å². The lowest BCUT2D eigenvalue weighted by Gasteiger charge is -2.25. The Morgan fingerprint density at radius 1 is 1.29 bits per heavy atom. The van der Waals surface area contributed by atoms with Crippen LogP contribution in [0, 0.1) is 0 Å². The van der Waals surface area contributed by atoms with Gasteiger partial charge in [0, 0.05) is 37.4 Å². The van der Waals surface area contributed by atoms with E-state index in [1.54, 1.807) is 18.5 Å². The molecule has 0 aromatic carbocycles. The van der Waals surface area contributed by atoms with Crippen LogP contribution in [0.25, 0.3) is 0 Å². The Morgan fingerprint density at radius 2 is 2.14 bits per heavy atom. The Labute approximate surface area is 123 Å². The molecule has 0 aliphatic heterocycles. The van der Waals surface area contributed by atoms with Crippen LogP contribution in [0.2, 0.25) is 0 Å². The van der Waals surface area contributed by atoms with E-state index in [9.17, 15) is 4.79 Å². The van der Waals surface area contributed by atoms with Gasteiger partial charge in [0.25, 0.3) is 5.91 Å². The predicted octanol–water partition coefficient (Wildman–Crippen LogP) is 0.931. The molecule has 21 heavy (non-hydrogen) atoms. The number of carbonyl (C=O) groups is 1. The second-order valence-electron chi connectivity index (χ2n) is 4.69. The van der Waals surface area contributed by atoms with E-state index in [0.29, 0.717) is 13.1 Å². The zero-order valence-electron chi connectivity index (χ0n) is 11.8. The molecule has 0 fully saturated rings. The number of hydrogen-bond acceptors (Lipinski definition) is 5. The molecule has 0 aliphatic rings. The third-order valence-electron chi connectivity index (χ3n) is 3.09. The van der Waals surface area contributed by atoms with Crippen LogP contribution >= 0.6 is 0 Å². The minimum Gasteiger partial charge on any atom is -0.367 e.